The molecule has 0 aromatic heterocycles. The van der Waals surface area contributed by atoms with Crippen molar-refractivity contribution in [3.63, 3.8) is 0 Å². The molecule has 0 aromatic carbocycles. The van der Waals surface area contributed by atoms with Gasteiger partial charge in [-0.2, -0.15) is 0 Å². The first-order valence-electron chi connectivity index (χ1n) is 4.13. The SMILES string of the molecule is C=C(C)C(=O)OC(C)NC(=O)/N=C/C. The number of rotatable bonds is 3. The van der Waals surface area contributed by atoms with Crippen molar-refractivity contribution in [3.05, 3.63) is 12.2 Å². The Morgan fingerprint density at radius 2 is 2.14 bits per heavy atom. The van der Waals surface area contributed by atoms with Gasteiger partial charge in [0.1, 0.15) is 0 Å². The van der Waals surface area contributed by atoms with E-state index in [0.717, 1.165) is 0 Å². The van der Waals surface area contributed by atoms with Crippen LogP contribution >= 0.6 is 0 Å². The van der Waals surface area contributed by atoms with Crippen molar-refractivity contribution in [2.24, 2.45) is 4.99 Å². The molecule has 14 heavy (non-hydrogen) atoms. The Balaban J connectivity index is 3.98. The summed E-state index contributed by atoms with van der Waals surface area (Å²) in [6.45, 7) is 8.08. The number of nitrogens with one attached hydrogen (secondary N) is 1. The number of esters is 1. The highest BCUT2D eigenvalue weighted by atomic mass is 16.6. The average molecular weight is 198 g/mol. The van der Waals surface area contributed by atoms with Gasteiger partial charge in [-0.15, -0.1) is 0 Å². The lowest BCUT2D eigenvalue weighted by molar-refractivity contribution is -0.144. The lowest BCUT2D eigenvalue weighted by Gasteiger charge is -2.12. The molecule has 0 aliphatic rings. The number of nitrogens with zero attached hydrogens (tertiary/aromatic N) is 1. The molecule has 0 aromatic rings. The first-order valence-corrected chi connectivity index (χ1v) is 4.13. The Bertz CT molecular complexity index is 271. The molecule has 1 N–H and O–H groups in total. The second kappa shape index (κ2) is 5.90. The van der Waals surface area contributed by atoms with Gasteiger partial charge in [0.05, 0.1) is 0 Å². The van der Waals surface area contributed by atoms with Gasteiger partial charge < -0.3 is 10.1 Å². The molecule has 0 fully saturated rings. The molecule has 78 valence electrons. The van der Waals surface area contributed by atoms with E-state index in [2.05, 4.69) is 16.9 Å². The number of urea groups is 1. The molecule has 0 bridgehead atoms. The van der Waals surface area contributed by atoms with Crippen LogP contribution in [0.1, 0.15) is 20.8 Å². The smallest absolute Gasteiger partial charge is 0.343 e. The molecule has 1 unspecified atom stereocenters. The zero-order valence-electron chi connectivity index (χ0n) is 8.53. The molecule has 0 aliphatic carbocycles. The Labute approximate surface area is 82.9 Å². The highest BCUT2D eigenvalue weighted by molar-refractivity contribution is 5.87. The van der Waals surface area contributed by atoms with Crippen LogP contribution in [0.25, 0.3) is 0 Å². The summed E-state index contributed by atoms with van der Waals surface area (Å²) >= 11 is 0. The van der Waals surface area contributed by atoms with Gasteiger partial charge in [-0.1, -0.05) is 6.58 Å². The maximum atomic E-state index is 11.0. The van der Waals surface area contributed by atoms with Crippen molar-refractivity contribution in [1.29, 1.82) is 0 Å². The van der Waals surface area contributed by atoms with E-state index in [1.807, 2.05) is 0 Å². The molecule has 1 atom stereocenters. The molecule has 0 spiro atoms. The average Bonchev–Trinajstić information content (AvgIpc) is 2.03. The van der Waals surface area contributed by atoms with E-state index in [1.54, 1.807) is 6.92 Å². The third kappa shape index (κ3) is 5.08. The van der Waals surface area contributed by atoms with Crippen LogP contribution in [0.15, 0.2) is 17.1 Å². The fourth-order valence-electron chi connectivity index (χ4n) is 0.619. The maximum absolute atomic E-state index is 11.0. The van der Waals surface area contributed by atoms with Crippen LogP contribution in [0.4, 0.5) is 4.79 Å². The molecule has 5 nitrogen and oxygen atoms in total. The normalized spacial score (nSPS) is 12.2. The van der Waals surface area contributed by atoms with Gasteiger partial charge in [0.2, 0.25) is 0 Å². The standard InChI is InChI=1S/C9H14N2O3/c1-5-10-9(13)11-7(4)14-8(12)6(2)3/h5,7H,2H2,1,3-4H3,(H,11,13)/b10-5+. The second-order valence-corrected chi connectivity index (χ2v) is 2.66. The van der Waals surface area contributed by atoms with Gasteiger partial charge in [-0.3, -0.25) is 0 Å². The molecule has 0 saturated heterocycles. The summed E-state index contributed by atoms with van der Waals surface area (Å²) in [6.07, 6.45) is 0.637. The lowest BCUT2D eigenvalue weighted by atomic mass is 10.4. The number of ether oxygens (including phenoxy) is 1. The highest BCUT2D eigenvalue weighted by Crippen LogP contribution is 1.95. The topological polar surface area (TPSA) is 67.8 Å². The Hall–Kier alpha value is -1.65. The van der Waals surface area contributed by atoms with Gasteiger partial charge in [0, 0.05) is 11.8 Å². The number of carbonyl (C=O) groups is 2. The zero-order valence-corrected chi connectivity index (χ0v) is 8.53. The van der Waals surface area contributed by atoms with Crippen molar-refractivity contribution in [2.45, 2.75) is 27.0 Å². The van der Waals surface area contributed by atoms with Crippen LogP contribution in [0.5, 0.6) is 0 Å². The third-order valence-electron chi connectivity index (χ3n) is 1.21. The van der Waals surface area contributed by atoms with Crippen LogP contribution in [0, 0.1) is 0 Å². The van der Waals surface area contributed by atoms with Gasteiger partial charge in [-0.05, 0) is 20.8 Å². The van der Waals surface area contributed by atoms with Crippen LogP contribution in [0.2, 0.25) is 0 Å². The lowest BCUT2D eigenvalue weighted by Crippen LogP contribution is -2.34. The van der Waals surface area contributed by atoms with E-state index in [9.17, 15) is 9.59 Å². The van der Waals surface area contributed by atoms with Crippen molar-refractivity contribution >= 4 is 18.2 Å². The van der Waals surface area contributed by atoms with Gasteiger partial charge >= 0.3 is 12.0 Å². The number of amides is 2. The molecule has 5 heteroatoms. The zero-order chi connectivity index (χ0) is 11.1. The van der Waals surface area contributed by atoms with Gasteiger partial charge in [0.15, 0.2) is 6.23 Å². The predicted molar refractivity (Wildman–Crippen MR) is 53.1 cm³/mol. The van der Waals surface area contributed by atoms with E-state index in [4.69, 9.17) is 4.74 Å². The Morgan fingerprint density at radius 1 is 1.57 bits per heavy atom. The minimum absolute atomic E-state index is 0.282. The van der Waals surface area contributed by atoms with Crippen LogP contribution < -0.4 is 5.32 Å². The molecule has 0 aliphatic heterocycles. The molecule has 2 amide bonds. The Morgan fingerprint density at radius 3 is 2.57 bits per heavy atom. The molecule has 0 saturated carbocycles. The van der Waals surface area contributed by atoms with Crippen molar-refractivity contribution < 1.29 is 14.3 Å². The number of aliphatic imine (C=N–C) groups is 1. The summed E-state index contributed by atoms with van der Waals surface area (Å²) in [4.78, 5) is 25.3. The third-order valence-corrected chi connectivity index (χ3v) is 1.21. The van der Waals surface area contributed by atoms with Crippen molar-refractivity contribution in [1.82, 2.24) is 5.32 Å². The minimum Gasteiger partial charge on any atom is -0.439 e. The molecule has 0 rings (SSSR count). The number of hydrogen-bond donors (Lipinski definition) is 1. The van der Waals surface area contributed by atoms with E-state index in [1.165, 1.54) is 20.1 Å². The van der Waals surface area contributed by atoms with E-state index < -0.39 is 18.2 Å². The summed E-state index contributed by atoms with van der Waals surface area (Å²) in [5.74, 6) is -0.543. The number of carbonyl (C=O) groups excluding carboxylic acids is 2. The van der Waals surface area contributed by atoms with Crippen LogP contribution in [-0.2, 0) is 9.53 Å². The first-order chi connectivity index (χ1) is 6.47. The quantitative estimate of drug-likeness (QED) is 0.321. The monoisotopic (exact) mass is 198 g/mol. The molecule has 0 heterocycles. The fraction of sp³-hybridized carbons (Fsp3) is 0.444. The highest BCUT2D eigenvalue weighted by Gasteiger charge is 2.11. The van der Waals surface area contributed by atoms with Crippen LogP contribution in [0.3, 0.4) is 0 Å². The van der Waals surface area contributed by atoms with Gasteiger partial charge in [-0.25, -0.2) is 14.6 Å². The first kappa shape index (κ1) is 12.3. The number of hydrogen-bond acceptors (Lipinski definition) is 3. The van der Waals surface area contributed by atoms with E-state index in [0.29, 0.717) is 0 Å². The van der Waals surface area contributed by atoms with Crippen molar-refractivity contribution in [2.75, 3.05) is 0 Å². The molecule has 0 radical (unpaired) electrons. The predicted octanol–water partition coefficient (Wildman–Crippen LogP) is 1.25. The summed E-state index contributed by atoms with van der Waals surface area (Å²) in [5, 5.41) is 2.35. The Kier molecular flexibility index (Phi) is 5.21. The maximum Gasteiger partial charge on any atom is 0.343 e. The molecular weight excluding hydrogens is 184 g/mol. The summed E-state index contributed by atoms with van der Waals surface area (Å²) < 4.78 is 4.78. The van der Waals surface area contributed by atoms with Crippen LogP contribution in [-0.4, -0.2) is 24.4 Å². The largest absolute Gasteiger partial charge is 0.439 e. The summed E-state index contributed by atoms with van der Waals surface area (Å²) in [6, 6.07) is -0.547. The van der Waals surface area contributed by atoms with E-state index in [-0.39, 0.29) is 5.57 Å². The minimum atomic E-state index is -0.713. The van der Waals surface area contributed by atoms with Crippen molar-refractivity contribution in [3.8, 4) is 0 Å². The summed E-state index contributed by atoms with van der Waals surface area (Å²) in [7, 11) is 0. The summed E-state index contributed by atoms with van der Waals surface area (Å²) in [5.41, 5.74) is 0.282. The fourth-order valence-corrected chi connectivity index (χ4v) is 0.619. The van der Waals surface area contributed by atoms with E-state index >= 15 is 0 Å². The van der Waals surface area contributed by atoms with Gasteiger partial charge in [0.25, 0.3) is 0 Å². The second-order valence-electron chi connectivity index (χ2n) is 2.66. The molecular formula is C9H14N2O3.